The fourth-order valence-electron chi connectivity index (χ4n) is 2.89. The molecule has 4 rings (SSSR count). The van der Waals surface area contributed by atoms with Gasteiger partial charge in [0, 0.05) is 18.3 Å². The summed E-state index contributed by atoms with van der Waals surface area (Å²) in [5.41, 5.74) is 0.798. The number of carbonyl (C=O) groups excluding carboxylic acids is 1. The summed E-state index contributed by atoms with van der Waals surface area (Å²) in [5, 5.41) is 5.03. The van der Waals surface area contributed by atoms with Crippen molar-refractivity contribution < 1.29 is 14.3 Å². The third-order valence-corrected chi connectivity index (χ3v) is 6.35. The number of fused-ring (bicyclic) bond motifs is 1. The molecule has 1 unspecified atom stereocenters. The van der Waals surface area contributed by atoms with Gasteiger partial charge in [0.2, 0.25) is 11.0 Å². The van der Waals surface area contributed by atoms with Gasteiger partial charge in [0.25, 0.3) is 11.7 Å². The SMILES string of the molecule is CSc1nc2nc(C)cc(OCC3CN(C(=O)c4ccc(Br)s4)CCO3)n2n1. The second-order valence-electron chi connectivity index (χ2n) is 6.20. The zero-order chi connectivity index (χ0) is 19.7. The van der Waals surface area contributed by atoms with Gasteiger partial charge in [0.05, 0.1) is 21.8 Å². The van der Waals surface area contributed by atoms with E-state index in [0.29, 0.717) is 48.0 Å². The van der Waals surface area contributed by atoms with E-state index in [4.69, 9.17) is 9.47 Å². The Morgan fingerprint density at radius 3 is 3.07 bits per heavy atom. The summed E-state index contributed by atoms with van der Waals surface area (Å²) in [5.74, 6) is 1.08. The Bertz CT molecular complexity index is 1010. The van der Waals surface area contributed by atoms with Crippen molar-refractivity contribution in [2.24, 2.45) is 0 Å². The van der Waals surface area contributed by atoms with Crippen LogP contribution in [0.25, 0.3) is 5.78 Å². The second kappa shape index (κ2) is 8.36. The number of hydrogen-bond acceptors (Lipinski definition) is 8. The number of aromatic nitrogens is 4. The molecule has 0 N–H and O–H groups in total. The lowest BCUT2D eigenvalue weighted by atomic mass is 10.2. The van der Waals surface area contributed by atoms with Crippen LogP contribution in [0.15, 0.2) is 27.1 Å². The smallest absolute Gasteiger partial charge is 0.264 e. The number of carbonyl (C=O) groups is 1. The fourth-order valence-corrected chi connectivity index (χ4v) is 4.58. The lowest BCUT2D eigenvalue weighted by molar-refractivity contribution is -0.0409. The zero-order valence-corrected chi connectivity index (χ0v) is 18.5. The van der Waals surface area contributed by atoms with Crippen LogP contribution in [0.4, 0.5) is 0 Å². The van der Waals surface area contributed by atoms with Crippen LogP contribution < -0.4 is 4.74 Å². The van der Waals surface area contributed by atoms with Gasteiger partial charge in [0.1, 0.15) is 12.7 Å². The van der Waals surface area contributed by atoms with Crippen LogP contribution in [0.1, 0.15) is 15.4 Å². The highest BCUT2D eigenvalue weighted by Crippen LogP contribution is 2.24. The molecule has 0 aliphatic carbocycles. The molecule has 28 heavy (non-hydrogen) atoms. The van der Waals surface area contributed by atoms with Gasteiger partial charge in [-0.25, -0.2) is 4.98 Å². The molecule has 4 heterocycles. The Kier molecular flexibility index (Phi) is 5.85. The van der Waals surface area contributed by atoms with E-state index in [1.54, 1.807) is 4.52 Å². The molecule has 1 saturated heterocycles. The van der Waals surface area contributed by atoms with Crippen molar-refractivity contribution in [2.45, 2.75) is 18.2 Å². The van der Waals surface area contributed by atoms with E-state index in [1.807, 2.05) is 36.3 Å². The van der Waals surface area contributed by atoms with Crippen molar-refractivity contribution in [1.82, 2.24) is 24.5 Å². The first kappa shape index (κ1) is 19.6. The number of nitrogens with zero attached hydrogens (tertiary/aromatic N) is 5. The van der Waals surface area contributed by atoms with Crippen molar-refractivity contribution in [3.8, 4) is 5.88 Å². The van der Waals surface area contributed by atoms with Gasteiger partial charge in [-0.2, -0.15) is 9.50 Å². The van der Waals surface area contributed by atoms with E-state index in [0.717, 1.165) is 9.48 Å². The fraction of sp³-hybridized carbons (Fsp3) is 0.412. The Morgan fingerprint density at radius 2 is 2.32 bits per heavy atom. The van der Waals surface area contributed by atoms with Gasteiger partial charge in [-0.1, -0.05) is 11.8 Å². The molecule has 3 aromatic rings. The number of thiophene rings is 1. The number of morpholine rings is 1. The van der Waals surface area contributed by atoms with Gasteiger partial charge < -0.3 is 14.4 Å². The van der Waals surface area contributed by atoms with Crippen LogP contribution in [-0.2, 0) is 4.74 Å². The number of hydrogen-bond donors (Lipinski definition) is 0. The first-order valence-electron chi connectivity index (χ1n) is 8.61. The van der Waals surface area contributed by atoms with Crippen molar-refractivity contribution in [3.63, 3.8) is 0 Å². The Balaban J connectivity index is 1.44. The largest absolute Gasteiger partial charge is 0.475 e. The maximum Gasteiger partial charge on any atom is 0.264 e. The Morgan fingerprint density at radius 1 is 1.46 bits per heavy atom. The van der Waals surface area contributed by atoms with E-state index >= 15 is 0 Å². The molecule has 0 bridgehead atoms. The average molecular weight is 484 g/mol. The molecule has 1 fully saturated rings. The Hall–Kier alpha value is -1.69. The van der Waals surface area contributed by atoms with E-state index < -0.39 is 0 Å². The average Bonchev–Trinajstić information content (AvgIpc) is 3.31. The molecule has 1 aliphatic rings. The van der Waals surface area contributed by atoms with Crippen LogP contribution >= 0.6 is 39.0 Å². The molecular weight excluding hydrogens is 466 g/mol. The molecule has 1 atom stereocenters. The minimum Gasteiger partial charge on any atom is -0.475 e. The maximum atomic E-state index is 12.7. The number of halogens is 1. The Labute approximate surface area is 178 Å². The van der Waals surface area contributed by atoms with Gasteiger partial charge in [-0.3, -0.25) is 4.79 Å². The molecule has 11 heteroatoms. The normalized spacial score (nSPS) is 17.2. The number of ether oxygens (including phenoxy) is 2. The van der Waals surface area contributed by atoms with Gasteiger partial charge in [-0.15, -0.1) is 16.4 Å². The number of thioether (sulfide) groups is 1. The van der Waals surface area contributed by atoms with Crippen molar-refractivity contribution in [3.05, 3.63) is 32.6 Å². The van der Waals surface area contributed by atoms with E-state index in [1.165, 1.54) is 23.1 Å². The van der Waals surface area contributed by atoms with Gasteiger partial charge in [0.15, 0.2) is 0 Å². The number of amides is 1. The predicted octanol–water partition coefficient (Wildman–Crippen LogP) is 2.90. The van der Waals surface area contributed by atoms with Gasteiger partial charge >= 0.3 is 0 Å². The highest BCUT2D eigenvalue weighted by atomic mass is 79.9. The van der Waals surface area contributed by atoms with Crippen molar-refractivity contribution in [1.29, 1.82) is 0 Å². The standard InChI is InChI=1S/C17H18BrN5O3S2/c1-10-7-14(23-16(19-10)20-17(21-23)27-2)26-9-11-8-22(5-6-25-11)15(24)12-3-4-13(18)28-12/h3-4,7,11H,5-6,8-9H2,1-2H3. The summed E-state index contributed by atoms with van der Waals surface area (Å²) in [6.45, 7) is 3.73. The van der Waals surface area contributed by atoms with E-state index in [9.17, 15) is 4.79 Å². The molecule has 0 radical (unpaired) electrons. The minimum atomic E-state index is -0.215. The summed E-state index contributed by atoms with van der Waals surface area (Å²) in [6.07, 6.45) is 1.70. The first-order valence-corrected chi connectivity index (χ1v) is 11.4. The molecular formula is C17H18BrN5O3S2. The lowest BCUT2D eigenvalue weighted by Gasteiger charge is -2.32. The first-order chi connectivity index (χ1) is 13.5. The van der Waals surface area contributed by atoms with Crippen LogP contribution in [0, 0.1) is 6.92 Å². The van der Waals surface area contributed by atoms with Gasteiger partial charge in [-0.05, 0) is 41.2 Å². The zero-order valence-electron chi connectivity index (χ0n) is 15.3. The van der Waals surface area contributed by atoms with Crippen LogP contribution in [0.3, 0.4) is 0 Å². The third-order valence-electron chi connectivity index (χ3n) is 4.20. The molecule has 0 aromatic carbocycles. The third kappa shape index (κ3) is 4.17. The molecule has 3 aromatic heterocycles. The number of aryl methyl sites for hydroxylation is 1. The summed E-state index contributed by atoms with van der Waals surface area (Å²) < 4.78 is 14.3. The van der Waals surface area contributed by atoms with Crippen molar-refractivity contribution >= 4 is 50.7 Å². The predicted molar refractivity (Wildman–Crippen MR) is 110 cm³/mol. The maximum absolute atomic E-state index is 12.7. The van der Waals surface area contributed by atoms with Crippen LogP contribution in [0.5, 0.6) is 5.88 Å². The van der Waals surface area contributed by atoms with Crippen molar-refractivity contribution in [2.75, 3.05) is 32.6 Å². The van der Waals surface area contributed by atoms with Crippen LogP contribution in [-0.4, -0.2) is 69.1 Å². The van der Waals surface area contributed by atoms with E-state index in [2.05, 4.69) is 31.0 Å². The highest BCUT2D eigenvalue weighted by molar-refractivity contribution is 9.11. The minimum absolute atomic E-state index is 0.0204. The molecule has 148 valence electrons. The number of rotatable bonds is 5. The summed E-state index contributed by atoms with van der Waals surface area (Å²) in [7, 11) is 0. The lowest BCUT2D eigenvalue weighted by Crippen LogP contribution is -2.47. The van der Waals surface area contributed by atoms with Crippen LogP contribution in [0.2, 0.25) is 0 Å². The monoisotopic (exact) mass is 483 g/mol. The highest BCUT2D eigenvalue weighted by Gasteiger charge is 2.26. The topological polar surface area (TPSA) is 81.9 Å². The molecule has 8 nitrogen and oxygen atoms in total. The molecule has 1 amide bonds. The summed E-state index contributed by atoms with van der Waals surface area (Å²) in [4.78, 5) is 23.9. The quantitative estimate of drug-likeness (QED) is 0.515. The van der Waals surface area contributed by atoms with E-state index in [-0.39, 0.29) is 12.0 Å². The molecule has 1 aliphatic heterocycles. The molecule has 0 saturated carbocycles. The summed E-state index contributed by atoms with van der Waals surface area (Å²) >= 11 is 6.29. The molecule has 0 spiro atoms. The summed E-state index contributed by atoms with van der Waals surface area (Å²) in [6, 6.07) is 5.54. The second-order valence-corrected chi connectivity index (χ2v) is 9.44.